The predicted molar refractivity (Wildman–Crippen MR) is 109 cm³/mol. The molecule has 1 aromatic carbocycles. The van der Waals surface area contributed by atoms with E-state index in [0.717, 1.165) is 24.4 Å². The molecule has 0 amide bonds. The maximum Gasteiger partial charge on any atom is 0.155 e. The number of hydrogen-bond acceptors (Lipinski definition) is 3. The zero-order chi connectivity index (χ0) is 18.4. The Kier molecular flexibility index (Phi) is 3.97. The number of benzene rings is 1. The van der Waals surface area contributed by atoms with Gasteiger partial charge in [0.25, 0.3) is 0 Å². The Labute approximate surface area is 158 Å². The minimum Gasteiger partial charge on any atom is -0.353 e. The number of aromatic nitrogens is 4. The predicted octanol–water partition coefficient (Wildman–Crippen LogP) is 4.47. The monoisotopic (exact) mass is 359 g/mol. The Morgan fingerprint density at radius 3 is 2.81 bits per heavy atom. The van der Waals surface area contributed by atoms with Gasteiger partial charge in [0.2, 0.25) is 0 Å². The van der Waals surface area contributed by atoms with Gasteiger partial charge in [-0.05, 0) is 61.0 Å². The molecule has 5 heteroatoms. The van der Waals surface area contributed by atoms with Crippen molar-refractivity contribution in [2.24, 2.45) is 0 Å². The molecule has 4 aromatic rings. The second-order valence-corrected chi connectivity index (χ2v) is 7.85. The van der Waals surface area contributed by atoms with Crippen LogP contribution in [-0.2, 0) is 0 Å². The van der Waals surface area contributed by atoms with Gasteiger partial charge in [-0.3, -0.25) is 9.38 Å². The van der Waals surface area contributed by atoms with Crippen LogP contribution in [0.3, 0.4) is 0 Å². The summed E-state index contributed by atoms with van der Waals surface area (Å²) in [7, 11) is 0. The van der Waals surface area contributed by atoms with E-state index in [-0.39, 0.29) is 0 Å². The molecule has 27 heavy (non-hydrogen) atoms. The van der Waals surface area contributed by atoms with Crippen LogP contribution < -0.4 is 5.32 Å². The van der Waals surface area contributed by atoms with Crippen molar-refractivity contribution in [3.8, 4) is 11.4 Å². The second kappa shape index (κ2) is 6.50. The van der Waals surface area contributed by atoms with E-state index >= 15 is 0 Å². The minimum atomic E-state index is 0.421. The number of fused-ring (bicyclic) bond motifs is 2. The molecule has 1 saturated heterocycles. The van der Waals surface area contributed by atoms with Gasteiger partial charge in [0.1, 0.15) is 0 Å². The van der Waals surface area contributed by atoms with Crippen LogP contribution in [0, 0.1) is 0 Å². The van der Waals surface area contributed by atoms with E-state index in [4.69, 9.17) is 0 Å². The van der Waals surface area contributed by atoms with E-state index in [1.165, 1.54) is 40.6 Å². The first-order valence-corrected chi connectivity index (χ1v) is 9.86. The lowest BCUT2D eigenvalue weighted by Crippen LogP contribution is -2.26. The minimum absolute atomic E-state index is 0.421. The first-order chi connectivity index (χ1) is 13.2. The molecule has 4 heterocycles. The summed E-state index contributed by atoms with van der Waals surface area (Å²) < 4.78 is 2.11. The molecule has 1 aliphatic heterocycles. The van der Waals surface area contributed by atoms with Crippen LogP contribution in [0.5, 0.6) is 0 Å². The lowest BCUT2D eigenvalue weighted by molar-refractivity contribution is 0.460. The van der Waals surface area contributed by atoms with Crippen molar-refractivity contribution in [2.45, 2.75) is 38.5 Å². The number of rotatable bonds is 3. The standard InChI is InChI=1S/C22H25N5/c1-14(2)21-17-11-16(15-5-7-23-8-6-15)3-4-18(17)26-22(21)19-12-25-20-13-24-9-10-27(19)20/h3-4,9-15,23,26H,5-8H2,1-2H3. The van der Waals surface area contributed by atoms with Crippen LogP contribution >= 0.6 is 0 Å². The maximum atomic E-state index is 4.53. The third-order valence-corrected chi connectivity index (χ3v) is 5.82. The molecule has 0 spiro atoms. The van der Waals surface area contributed by atoms with Crippen molar-refractivity contribution in [1.82, 2.24) is 24.7 Å². The summed E-state index contributed by atoms with van der Waals surface area (Å²) >= 11 is 0. The molecule has 5 nitrogen and oxygen atoms in total. The van der Waals surface area contributed by atoms with Crippen LogP contribution in [0.1, 0.15) is 49.7 Å². The van der Waals surface area contributed by atoms with E-state index < -0.39 is 0 Å². The number of hydrogen-bond donors (Lipinski definition) is 2. The fraction of sp³-hybridized carbons (Fsp3) is 0.364. The van der Waals surface area contributed by atoms with E-state index in [1.54, 1.807) is 6.20 Å². The van der Waals surface area contributed by atoms with Crippen LogP contribution in [0.15, 0.2) is 43.0 Å². The summed E-state index contributed by atoms with van der Waals surface area (Å²) in [6.45, 7) is 6.78. The van der Waals surface area contributed by atoms with Crippen molar-refractivity contribution < 1.29 is 0 Å². The van der Waals surface area contributed by atoms with E-state index in [2.05, 4.69) is 56.7 Å². The Bertz CT molecular complexity index is 1100. The van der Waals surface area contributed by atoms with Gasteiger partial charge in [0, 0.05) is 23.3 Å². The van der Waals surface area contributed by atoms with Gasteiger partial charge in [-0.1, -0.05) is 19.9 Å². The van der Waals surface area contributed by atoms with Crippen LogP contribution in [0.4, 0.5) is 0 Å². The molecule has 0 saturated carbocycles. The summed E-state index contributed by atoms with van der Waals surface area (Å²) in [6, 6.07) is 6.99. The first kappa shape index (κ1) is 16.5. The molecule has 1 aliphatic rings. The van der Waals surface area contributed by atoms with Gasteiger partial charge in [-0.15, -0.1) is 0 Å². The van der Waals surface area contributed by atoms with E-state index in [9.17, 15) is 0 Å². The number of nitrogens with zero attached hydrogens (tertiary/aromatic N) is 3. The van der Waals surface area contributed by atoms with E-state index in [0.29, 0.717) is 11.8 Å². The van der Waals surface area contributed by atoms with Gasteiger partial charge >= 0.3 is 0 Å². The molecular formula is C22H25N5. The summed E-state index contributed by atoms with van der Waals surface area (Å²) in [4.78, 5) is 12.4. The zero-order valence-electron chi connectivity index (χ0n) is 15.9. The summed E-state index contributed by atoms with van der Waals surface area (Å²) in [5, 5.41) is 4.82. The normalized spacial score (nSPS) is 16.0. The third-order valence-electron chi connectivity index (χ3n) is 5.82. The number of imidazole rings is 1. The van der Waals surface area contributed by atoms with Gasteiger partial charge in [-0.25, -0.2) is 4.98 Å². The highest BCUT2D eigenvalue weighted by Gasteiger charge is 2.21. The third kappa shape index (κ3) is 2.73. The largest absolute Gasteiger partial charge is 0.353 e. The molecule has 138 valence electrons. The molecule has 0 radical (unpaired) electrons. The molecule has 3 aromatic heterocycles. The molecule has 2 N–H and O–H groups in total. The Morgan fingerprint density at radius 1 is 1.15 bits per heavy atom. The molecule has 0 bridgehead atoms. The number of aromatic amines is 1. The van der Waals surface area contributed by atoms with Gasteiger partial charge in [-0.2, -0.15) is 0 Å². The van der Waals surface area contributed by atoms with Gasteiger partial charge < -0.3 is 10.3 Å². The number of nitrogens with one attached hydrogen (secondary N) is 2. The fourth-order valence-electron chi connectivity index (χ4n) is 4.47. The molecule has 1 fully saturated rings. The Hall–Kier alpha value is -2.66. The molecule has 0 aliphatic carbocycles. The lowest BCUT2D eigenvalue weighted by atomic mass is 9.88. The smallest absolute Gasteiger partial charge is 0.155 e. The Morgan fingerprint density at radius 2 is 2.00 bits per heavy atom. The lowest BCUT2D eigenvalue weighted by Gasteiger charge is -2.23. The topological polar surface area (TPSA) is 58.0 Å². The Balaban J connectivity index is 1.69. The average Bonchev–Trinajstić information content (AvgIpc) is 3.29. The molecule has 0 atom stereocenters. The SMILES string of the molecule is CC(C)c1c(-c2cnc3cnccn23)[nH]c2ccc(C3CCNCC3)cc12. The quantitative estimate of drug-likeness (QED) is 0.567. The maximum absolute atomic E-state index is 4.53. The van der Waals surface area contributed by atoms with Crippen molar-refractivity contribution in [3.63, 3.8) is 0 Å². The zero-order valence-corrected chi connectivity index (χ0v) is 15.9. The number of piperidine rings is 1. The van der Waals surface area contributed by atoms with Crippen molar-refractivity contribution in [1.29, 1.82) is 0 Å². The van der Waals surface area contributed by atoms with Crippen LogP contribution in [0.25, 0.3) is 27.9 Å². The summed E-state index contributed by atoms with van der Waals surface area (Å²) in [6.07, 6.45) is 9.98. The fourth-order valence-corrected chi connectivity index (χ4v) is 4.47. The van der Waals surface area contributed by atoms with Crippen LogP contribution in [0.2, 0.25) is 0 Å². The molecular weight excluding hydrogens is 334 g/mol. The molecule has 5 rings (SSSR count). The van der Waals surface area contributed by atoms with Crippen molar-refractivity contribution in [3.05, 3.63) is 54.1 Å². The second-order valence-electron chi connectivity index (χ2n) is 7.85. The highest BCUT2D eigenvalue weighted by molar-refractivity contribution is 5.91. The average molecular weight is 359 g/mol. The molecule has 0 unspecified atom stereocenters. The van der Waals surface area contributed by atoms with Crippen molar-refractivity contribution >= 4 is 16.6 Å². The first-order valence-electron chi connectivity index (χ1n) is 9.86. The van der Waals surface area contributed by atoms with Crippen LogP contribution in [-0.4, -0.2) is 32.4 Å². The summed E-state index contributed by atoms with van der Waals surface area (Å²) in [5.41, 5.74) is 7.18. The highest BCUT2D eigenvalue weighted by Crippen LogP contribution is 2.37. The van der Waals surface area contributed by atoms with E-state index in [1.807, 2.05) is 18.6 Å². The van der Waals surface area contributed by atoms with Gasteiger partial charge in [0.05, 0.1) is 23.8 Å². The number of H-pyrrole nitrogens is 1. The van der Waals surface area contributed by atoms with Crippen molar-refractivity contribution in [2.75, 3.05) is 13.1 Å². The highest BCUT2D eigenvalue weighted by atomic mass is 15.0. The summed E-state index contributed by atoms with van der Waals surface area (Å²) in [5.74, 6) is 1.08. The van der Waals surface area contributed by atoms with Gasteiger partial charge in [0.15, 0.2) is 5.65 Å².